The largest absolute Gasteiger partial charge is 0.264 e. The Kier molecular flexibility index (Phi) is 4.97. The van der Waals surface area contributed by atoms with Crippen molar-refractivity contribution in [1.29, 1.82) is 0 Å². The molecular formula is C26H25NSi. The van der Waals surface area contributed by atoms with Gasteiger partial charge < -0.3 is 0 Å². The van der Waals surface area contributed by atoms with Crippen LogP contribution in [0.3, 0.4) is 0 Å². The van der Waals surface area contributed by atoms with Crippen LogP contribution in [0.1, 0.15) is 0 Å². The molecule has 2 heteroatoms. The zero-order valence-corrected chi connectivity index (χ0v) is 17.7. The van der Waals surface area contributed by atoms with Crippen LogP contribution in [0.5, 0.6) is 0 Å². The van der Waals surface area contributed by atoms with E-state index in [2.05, 4.69) is 103 Å². The van der Waals surface area contributed by atoms with Gasteiger partial charge in [0.1, 0.15) is 0 Å². The number of rotatable bonds is 4. The van der Waals surface area contributed by atoms with Crippen LogP contribution >= 0.6 is 0 Å². The van der Waals surface area contributed by atoms with Crippen LogP contribution in [0.15, 0.2) is 97.3 Å². The minimum atomic E-state index is -1.30. The first kappa shape index (κ1) is 18.4. The first-order chi connectivity index (χ1) is 13.5. The highest BCUT2D eigenvalue weighted by atomic mass is 28.3. The fourth-order valence-electron chi connectivity index (χ4n) is 3.41. The molecule has 4 aromatic rings. The third-order valence-corrected chi connectivity index (χ3v) is 7.20. The van der Waals surface area contributed by atoms with Gasteiger partial charge in [0.25, 0.3) is 0 Å². The molecule has 0 spiro atoms. The molecule has 3 aromatic carbocycles. The van der Waals surface area contributed by atoms with E-state index in [-0.39, 0.29) is 0 Å². The normalized spacial score (nSPS) is 11.4. The first-order valence-corrected chi connectivity index (χ1v) is 13.2. The molecule has 0 atom stereocenters. The van der Waals surface area contributed by atoms with Crippen LogP contribution in [0.4, 0.5) is 0 Å². The van der Waals surface area contributed by atoms with Crippen molar-refractivity contribution in [3.8, 4) is 33.4 Å². The molecule has 0 bridgehead atoms. The molecule has 1 aromatic heterocycles. The van der Waals surface area contributed by atoms with Gasteiger partial charge in [0.2, 0.25) is 0 Å². The summed E-state index contributed by atoms with van der Waals surface area (Å²) in [6.07, 6.45) is 3.71. The van der Waals surface area contributed by atoms with Crippen LogP contribution in [0.2, 0.25) is 19.6 Å². The van der Waals surface area contributed by atoms with Crippen molar-refractivity contribution in [2.45, 2.75) is 19.6 Å². The number of nitrogens with zero attached hydrogens (tertiary/aromatic N) is 1. The zero-order valence-electron chi connectivity index (χ0n) is 16.7. The third kappa shape index (κ3) is 3.97. The van der Waals surface area contributed by atoms with Crippen LogP contribution in [-0.4, -0.2) is 13.1 Å². The van der Waals surface area contributed by atoms with Crippen LogP contribution in [0, 0.1) is 0 Å². The quantitative estimate of drug-likeness (QED) is 0.363. The zero-order chi connectivity index (χ0) is 19.6. The van der Waals surface area contributed by atoms with Gasteiger partial charge in [0.05, 0.1) is 8.07 Å². The molecule has 0 saturated heterocycles. The smallest absolute Gasteiger partial charge is 0.0776 e. The highest BCUT2D eigenvalue weighted by Crippen LogP contribution is 2.27. The Morgan fingerprint density at radius 1 is 0.536 bits per heavy atom. The van der Waals surface area contributed by atoms with E-state index in [1.54, 1.807) is 6.20 Å². The molecular weight excluding hydrogens is 354 g/mol. The minimum absolute atomic E-state index is 1.15. The molecule has 0 aliphatic rings. The minimum Gasteiger partial charge on any atom is -0.264 e. The molecule has 1 heterocycles. The number of hydrogen-bond donors (Lipinski definition) is 0. The average molecular weight is 380 g/mol. The summed E-state index contributed by atoms with van der Waals surface area (Å²) in [5.74, 6) is 0. The molecule has 0 fully saturated rings. The van der Waals surface area contributed by atoms with E-state index >= 15 is 0 Å². The second-order valence-corrected chi connectivity index (χ2v) is 13.3. The van der Waals surface area contributed by atoms with Gasteiger partial charge in [0, 0.05) is 12.4 Å². The highest BCUT2D eigenvalue weighted by Gasteiger charge is 2.16. The maximum atomic E-state index is 4.20. The van der Waals surface area contributed by atoms with Crippen molar-refractivity contribution in [2.75, 3.05) is 0 Å². The fraction of sp³-hybridized carbons (Fsp3) is 0.115. The molecule has 4 rings (SSSR count). The molecule has 0 N–H and O–H groups in total. The number of benzene rings is 3. The molecule has 28 heavy (non-hydrogen) atoms. The Morgan fingerprint density at radius 2 is 1.04 bits per heavy atom. The maximum Gasteiger partial charge on any atom is 0.0776 e. The van der Waals surface area contributed by atoms with Gasteiger partial charge in [-0.2, -0.15) is 0 Å². The lowest BCUT2D eigenvalue weighted by atomic mass is 9.98. The standard InChI is InChI=1S/C26H25NSi/c1-28(2,3)26-8-4-6-24(18-26)22-13-9-20(10-14-22)21-11-15-23(16-12-21)25-7-5-17-27-19-25/h4-19H,1-3H3. The summed E-state index contributed by atoms with van der Waals surface area (Å²) < 4.78 is 0. The topological polar surface area (TPSA) is 12.9 Å². The van der Waals surface area contributed by atoms with Crippen LogP contribution in [0.25, 0.3) is 33.4 Å². The summed E-state index contributed by atoms with van der Waals surface area (Å²) in [5, 5.41) is 1.50. The lowest BCUT2D eigenvalue weighted by Crippen LogP contribution is -2.37. The van der Waals surface area contributed by atoms with Crippen molar-refractivity contribution in [2.24, 2.45) is 0 Å². The van der Waals surface area contributed by atoms with Gasteiger partial charge >= 0.3 is 0 Å². The molecule has 0 amide bonds. The van der Waals surface area contributed by atoms with Crippen molar-refractivity contribution in [3.63, 3.8) is 0 Å². The summed E-state index contributed by atoms with van der Waals surface area (Å²) in [5.41, 5.74) is 7.38. The van der Waals surface area contributed by atoms with E-state index in [1.165, 1.54) is 33.0 Å². The predicted octanol–water partition coefficient (Wildman–Crippen LogP) is 6.63. The van der Waals surface area contributed by atoms with Gasteiger partial charge in [-0.25, -0.2) is 0 Å². The Balaban J connectivity index is 1.59. The SMILES string of the molecule is C[Si](C)(C)c1cccc(-c2ccc(-c3ccc(-c4cccnc4)cc3)cc2)c1. The summed E-state index contributed by atoms with van der Waals surface area (Å²) in [4.78, 5) is 4.20. The van der Waals surface area contributed by atoms with E-state index in [4.69, 9.17) is 0 Å². The van der Waals surface area contributed by atoms with Crippen molar-refractivity contribution < 1.29 is 0 Å². The van der Waals surface area contributed by atoms with Gasteiger partial charge in [-0.05, 0) is 39.4 Å². The summed E-state index contributed by atoms with van der Waals surface area (Å²) >= 11 is 0. The van der Waals surface area contributed by atoms with Gasteiger partial charge in [0.15, 0.2) is 0 Å². The average Bonchev–Trinajstić information content (AvgIpc) is 2.74. The van der Waals surface area contributed by atoms with Crippen LogP contribution in [-0.2, 0) is 0 Å². The van der Waals surface area contributed by atoms with Crippen molar-refractivity contribution in [3.05, 3.63) is 97.3 Å². The van der Waals surface area contributed by atoms with Crippen LogP contribution < -0.4 is 5.19 Å². The Labute approximate surface area is 168 Å². The molecule has 0 aliphatic carbocycles. The monoisotopic (exact) mass is 379 g/mol. The van der Waals surface area contributed by atoms with Crippen molar-refractivity contribution >= 4 is 13.3 Å². The number of hydrogen-bond acceptors (Lipinski definition) is 1. The summed E-state index contributed by atoms with van der Waals surface area (Å²) in [6, 6.07) is 30.7. The predicted molar refractivity (Wildman–Crippen MR) is 124 cm³/mol. The van der Waals surface area contributed by atoms with E-state index < -0.39 is 8.07 Å². The van der Waals surface area contributed by atoms with E-state index in [9.17, 15) is 0 Å². The lowest BCUT2D eigenvalue weighted by Gasteiger charge is -2.17. The maximum absolute atomic E-state index is 4.20. The molecule has 1 nitrogen and oxygen atoms in total. The Bertz CT molecular complexity index is 1060. The second-order valence-electron chi connectivity index (χ2n) is 8.23. The van der Waals surface area contributed by atoms with E-state index in [1.807, 2.05) is 12.3 Å². The lowest BCUT2D eigenvalue weighted by molar-refractivity contribution is 1.33. The van der Waals surface area contributed by atoms with Gasteiger partial charge in [-0.15, -0.1) is 0 Å². The molecule has 138 valence electrons. The summed E-state index contributed by atoms with van der Waals surface area (Å²) in [7, 11) is -1.30. The number of pyridine rings is 1. The van der Waals surface area contributed by atoms with Gasteiger partial charge in [-0.1, -0.05) is 104 Å². The Morgan fingerprint density at radius 3 is 1.54 bits per heavy atom. The molecule has 0 saturated carbocycles. The van der Waals surface area contributed by atoms with E-state index in [0.29, 0.717) is 0 Å². The Hall–Kier alpha value is -2.97. The summed E-state index contributed by atoms with van der Waals surface area (Å²) in [6.45, 7) is 7.18. The van der Waals surface area contributed by atoms with E-state index in [0.717, 1.165) is 5.56 Å². The number of aromatic nitrogens is 1. The molecule has 0 unspecified atom stereocenters. The highest BCUT2D eigenvalue weighted by molar-refractivity contribution is 6.88. The second kappa shape index (κ2) is 7.57. The fourth-order valence-corrected chi connectivity index (χ4v) is 4.59. The first-order valence-electron chi connectivity index (χ1n) is 9.72. The molecule has 0 aliphatic heterocycles. The van der Waals surface area contributed by atoms with Crippen molar-refractivity contribution in [1.82, 2.24) is 4.98 Å². The molecule has 0 radical (unpaired) electrons. The third-order valence-electron chi connectivity index (χ3n) is 5.16. The van der Waals surface area contributed by atoms with Gasteiger partial charge in [-0.3, -0.25) is 4.98 Å².